The van der Waals surface area contributed by atoms with Gasteiger partial charge in [-0.15, -0.1) is 0 Å². The molecule has 0 saturated heterocycles. The van der Waals surface area contributed by atoms with E-state index in [2.05, 4.69) is 115 Å². The van der Waals surface area contributed by atoms with E-state index >= 15 is 0 Å². The van der Waals surface area contributed by atoms with Crippen LogP contribution in [0.25, 0.3) is 0 Å². The summed E-state index contributed by atoms with van der Waals surface area (Å²) in [6, 6.07) is 22.4. The van der Waals surface area contributed by atoms with E-state index in [9.17, 15) is 4.79 Å². The van der Waals surface area contributed by atoms with E-state index in [1.807, 2.05) is 0 Å². The van der Waals surface area contributed by atoms with Crippen LogP contribution in [0.1, 0.15) is 113 Å². The molecular formula is C45H62O4Si. The second-order valence-corrected chi connectivity index (χ2v) is 22.6. The number of ether oxygens (including phenoxy) is 2. The molecule has 0 spiro atoms. The topological polar surface area (TPSA) is 44.8 Å². The fourth-order valence-electron chi connectivity index (χ4n) is 12.0. The third-order valence-corrected chi connectivity index (χ3v) is 19.6. The van der Waals surface area contributed by atoms with Crippen LogP contribution in [-0.2, 0) is 18.7 Å². The lowest BCUT2D eigenvalue weighted by Gasteiger charge is -2.58. The van der Waals surface area contributed by atoms with Gasteiger partial charge in [0.1, 0.15) is 6.10 Å². The van der Waals surface area contributed by atoms with Crippen molar-refractivity contribution in [2.24, 2.45) is 40.4 Å². The summed E-state index contributed by atoms with van der Waals surface area (Å²) in [7, 11) is -2.59. The van der Waals surface area contributed by atoms with Crippen molar-refractivity contribution in [2.45, 2.75) is 130 Å². The first-order valence-corrected chi connectivity index (χ1v) is 21.7. The SMILES string of the molecule is CC(=O)OC[C@@H](C)CCC1=C(C)[C@H]2[C@H](C[C@H]3[C@@H]4CC=C5C[C@@H](O[Si](c6ccccc6)(c6ccccc6)C(C)(C)C)CC[C@]5(C)[C@H]4CC[C@@]32C)O1. The van der Waals surface area contributed by atoms with Gasteiger partial charge in [0.05, 0.1) is 12.4 Å². The van der Waals surface area contributed by atoms with Gasteiger partial charge in [-0.05, 0) is 114 Å². The predicted octanol–water partition coefficient (Wildman–Crippen LogP) is 9.77. The number of fused-ring (bicyclic) bond motifs is 7. The summed E-state index contributed by atoms with van der Waals surface area (Å²) in [6.45, 7) is 19.0. The molecule has 0 radical (unpaired) electrons. The lowest BCUT2D eigenvalue weighted by atomic mass is 9.47. The van der Waals surface area contributed by atoms with Crippen molar-refractivity contribution in [3.8, 4) is 0 Å². The van der Waals surface area contributed by atoms with Gasteiger partial charge in [-0.3, -0.25) is 4.79 Å². The fraction of sp³-hybridized carbons (Fsp3) is 0.622. The van der Waals surface area contributed by atoms with Crippen LogP contribution in [0.5, 0.6) is 0 Å². The summed E-state index contributed by atoms with van der Waals surface area (Å²) in [5.41, 5.74) is 3.78. The van der Waals surface area contributed by atoms with E-state index in [0.29, 0.717) is 30.0 Å². The highest BCUT2D eigenvalue weighted by atomic mass is 28.4. The number of esters is 1. The number of hydrogen-bond donors (Lipinski definition) is 0. The maximum absolute atomic E-state index is 11.3. The number of rotatable bonds is 9. The van der Waals surface area contributed by atoms with Crippen molar-refractivity contribution in [1.29, 1.82) is 0 Å². The second kappa shape index (κ2) is 13.4. The van der Waals surface area contributed by atoms with Gasteiger partial charge in [-0.2, -0.15) is 0 Å². The fourth-order valence-corrected chi connectivity index (χ4v) is 16.7. The average Bonchev–Trinajstić information content (AvgIpc) is 3.57. The van der Waals surface area contributed by atoms with Crippen molar-refractivity contribution < 1.29 is 18.7 Å². The molecule has 1 heterocycles. The highest BCUT2D eigenvalue weighted by molar-refractivity contribution is 6.99. The zero-order chi connectivity index (χ0) is 35.5. The van der Waals surface area contributed by atoms with Gasteiger partial charge in [0.25, 0.3) is 8.32 Å². The van der Waals surface area contributed by atoms with E-state index in [0.717, 1.165) is 43.4 Å². The first-order chi connectivity index (χ1) is 23.8. The molecule has 0 aromatic heterocycles. The molecule has 9 atom stereocenters. The van der Waals surface area contributed by atoms with Crippen LogP contribution in [-0.4, -0.2) is 33.1 Å². The molecule has 3 saturated carbocycles. The summed E-state index contributed by atoms with van der Waals surface area (Å²) in [4.78, 5) is 11.3. The van der Waals surface area contributed by atoms with Gasteiger partial charge in [0.2, 0.25) is 0 Å². The quantitative estimate of drug-likeness (QED) is 0.149. The van der Waals surface area contributed by atoms with E-state index in [4.69, 9.17) is 13.9 Å². The smallest absolute Gasteiger partial charge is 0.302 e. The first-order valence-electron chi connectivity index (χ1n) is 19.8. The Kier molecular flexibility index (Phi) is 9.59. The van der Waals surface area contributed by atoms with E-state index in [1.54, 1.807) is 5.57 Å². The molecule has 0 N–H and O–H groups in total. The minimum absolute atomic E-state index is 0.00642. The minimum Gasteiger partial charge on any atom is -0.494 e. The third-order valence-electron chi connectivity index (χ3n) is 14.5. The lowest BCUT2D eigenvalue weighted by Crippen LogP contribution is -2.68. The normalized spacial score (nSPS) is 34.1. The summed E-state index contributed by atoms with van der Waals surface area (Å²) >= 11 is 0. The third kappa shape index (κ3) is 5.96. The summed E-state index contributed by atoms with van der Waals surface area (Å²) in [5.74, 6) is 4.13. The van der Waals surface area contributed by atoms with Crippen molar-refractivity contribution in [1.82, 2.24) is 0 Å². The zero-order valence-corrected chi connectivity index (χ0v) is 33.1. The molecule has 0 bridgehead atoms. The predicted molar refractivity (Wildman–Crippen MR) is 206 cm³/mol. The van der Waals surface area contributed by atoms with Crippen LogP contribution in [0.15, 0.2) is 83.6 Å². The minimum atomic E-state index is -2.59. The Hall–Kier alpha value is -2.63. The van der Waals surface area contributed by atoms with Crippen LogP contribution in [0.3, 0.4) is 0 Å². The standard InChI is InChI=1S/C45H62O4Si/c1-30(29-47-32(3)46)19-22-40-31(2)42-41(48-40)28-39-37-21-20-33-27-34(23-25-44(33,7)38(37)24-26-45(39,42)8)49-50(43(4,5)6,35-15-11-9-12-16-35)36-17-13-10-14-18-36/h9-18,20,30,34,37-39,41-42H,19,21-29H2,1-8H3/t30-,34-,37+,38-,39-,41-,42-,44-,45-/m0/s1. The molecule has 1 aliphatic heterocycles. The van der Waals surface area contributed by atoms with Crippen molar-refractivity contribution in [3.63, 3.8) is 0 Å². The summed E-state index contributed by atoms with van der Waals surface area (Å²) in [5, 5.41) is 2.76. The van der Waals surface area contributed by atoms with Gasteiger partial charge in [-0.1, -0.05) is 114 Å². The molecule has 270 valence electrons. The van der Waals surface area contributed by atoms with E-state index in [-0.39, 0.29) is 22.5 Å². The van der Waals surface area contributed by atoms with Crippen molar-refractivity contribution in [3.05, 3.63) is 83.6 Å². The van der Waals surface area contributed by atoms with Gasteiger partial charge < -0.3 is 13.9 Å². The van der Waals surface area contributed by atoms with Crippen molar-refractivity contribution in [2.75, 3.05) is 6.61 Å². The van der Waals surface area contributed by atoms with Crippen LogP contribution < -0.4 is 10.4 Å². The molecule has 4 aliphatic carbocycles. The zero-order valence-electron chi connectivity index (χ0n) is 32.1. The van der Waals surface area contributed by atoms with Crippen LogP contribution in [0, 0.1) is 40.4 Å². The number of hydrogen-bond acceptors (Lipinski definition) is 4. The Balaban J connectivity index is 1.09. The summed E-state index contributed by atoms with van der Waals surface area (Å²) < 4.78 is 19.8. The number of carbonyl (C=O) groups excluding carboxylic acids is 1. The Morgan fingerprint density at radius 2 is 1.64 bits per heavy atom. The largest absolute Gasteiger partial charge is 0.494 e. The Morgan fingerprint density at radius 1 is 0.980 bits per heavy atom. The highest BCUT2D eigenvalue weighted by Gasteiger charge is 2.64. The van der Waals surface area contributed by atoms with Crippen LogP contribution in [0.4, 0.5) is 0 Å². The molecule has 4 nitrogen and oxygen atoms in total. The molecule has 3 fully saturated rings. The van der Waals surface area contributed by atoms with Crippen LogP contribution in [0.2, 0.25) is 5.04 Å². The Morgan fingerprint density at radius 3 is 2.26 bits per heavy atom. The Labute approximate surface area is 303 Å². The maximum Gasteiger partial charge on any atom is 0.302 e. The average molecular weight is 695 g/mol. The molecule has 7 rings (SSSR count). The van der Waals surface area contributed by atoms with Gasteiger partial charge in [0.15, 0.2) is 0 Å². The molecule has 5 aliphatic rings. The highest BCUT2D eigenvalue weighted by Crippen LogP contribution is 2.69. The van der Waals surface area contributed by atoms with Gasteiger partial charge >= 0.3 is 5.97 Å². The van der Waals surface area contributed by atoms with E-state index < -0.39 is 8.32 Å². The van der Waals surface area contributed by atoms with Gasteiger partial charge in [0, 0.05) is 25.4 Å². The van der Waals surface area contributed by atoms with Gasteiger partial charge in [-0.25, -0.2) is 0 Å². The molecule has 2 aromatic rings. The van der Waals surface area contributed by atoms with E-state index in [1.165, 1.54) is 60.7 Å². The molecule has 0 amide bonds. The molecule has 0 unspecified atom stereocenters. The molecular weight excluding hydrogens is 633 g/mol. The lowest BCUT2D eigenvalue weighted by molar-refractivity contribution is -0.142. The molecule has 2 aromatic carbocycles. The second-order valence-electron chi connectivity index (χ2n) is 18.4. The monoisotopic (exact) mass is 694 g/mol. The molecule has 50 heavy (non-hydrogen) atoms. The summed E-state index contributed by atoms with van der Waals surface area (Å²) in [6.07, 6.45) is 13.7. The Bertz CT molecular complexity index is 1570. The number of benzene rings is 2. The number of allylic oxidation sites excluding steroid dienone is 2. The maximum atomic E-state index is 11.3. The van der Waals surface area contributed by atoms with Crippen LogP contribution >= 0.6 is 0 Å². The first kappa shape index (κ1) is 35.8. The number of carbonyl (C=O) groups is 1. The molecule has 5 heteroatoms. The van der Waals surface area contributed by atoms with Crippen molar-refractivity contribution >= 4 is 24.7 Å².